The largest absolute Gasteiger partial charge is 0.322 e. The van der Waals surface area contributed by atoms with Crippen molar-refractivity contribution < 1.29 is 4.79 Å². The minimum absolute atomic E-state index is 0.125. The molecule has 1 N–H and O–H groups in total. The van der Waals surface area contributed by atoms with Gasteiger partial charge in [-0.3, -0.25) is 4.79 Å². The number of benzene rings is 2. The topological polar surface area (TPSA) is 34.0 Å². The molecule has 0 aliphatic carbocycles. The van der Waals surface area contributed by atoms with Gasteiger partial charge in [-0.2, -0.15) is 0 Å². The summed E-state index contributed by atoms with van der Waals surface area (Å²) in [6.45, 7) is 4.07. The van der Waals surface area contributed by atoms with Gasteiger partial charge in [0.25, 0.3) is 5.91 Å². The molecule has 0 aliphatic rings. The van der Waals surface area contributed by atoms with Crippen LogP contribution < -0.4 is 5.32 Å². The van der Waals surface area contributed by atoms with Crippen molar-refractivity contribution in [2.75, 3.05) is 5.32 Å². The third-order valence-corrected chi connectivity index (χ3v) is 4.24. The lowest BCUT2D eigenvalue weighted by Crippen LogP contribution is -2.16. The third kappa shape index (κ3) is 3.22. The number of amides is 1. The van der Waals surface area contributed by atoms with Crippen LogP contribution in [0.3, 0.4) is 0 Å². The highest BCUT2D eigenvalue weighted by atomic mass is 79.9. The average molecular weight is 369 g/mol. The zero-order chi connectivity index (χ0) is 16.4. The molecule has 0 atom stereocenters. The first-order valence-corrected chi connectivity index (χ1v) is 8.17. The molecule has 23 heavy (non-hydrogen) atoms. The van der Waals surface area contributed by atoms with E-state index in [1.165, 1.54) is 0 Å². The smallest absolute Gasteiger partial charge is 0.257 e. The molecular formula is C19H17BrN2O. The highest BCUT2D eigenvalue weighted by Crippen LogP contribution is 2.24. The molecule has 3 rings (SSSR count). The van der Waals surface area contributed by atoms with Crippen LogP contribution in [0.4, 0.5) is 5.69 Å². The molecule has 1 heterocycles. The van der Waals surface area contributed by atoms with Crippen molar-refractivity contribution in [3.63, 3.8) is 0 Å². The molecule has 3 aromatic rings. The molecule has 0 aliphatic heterocycles. The number of rotatable bonds is 3. The van der Waals surface area contributed by atoms with Gasteiger partial charge >= 0.3 is 0 Å². The molecule has 0 spiro atoms. The molecule has 2 aromatic carbocycles. The van der Waals surface area contributed by atoms with Crippen molar-refractivity contribution in [2.24, 2.45) is 0 Å². The number of anilines is 1. The van der Waals surface area contributed by atoms with Crippen LogP contribution in [0.15, 0.2) is 65.1 Å². The summed E-state index contributed by atoms with van der Waals surface area (Å²) in [4.78, 5) is 12.8. The summed E-state index contributed by atoms with van der Waals surface area (Å²) in [7, 11) is 0. The van der Waals surface area contributed by atoms with E-state index in [0.717, 1.165) is 27.2 Å². The van der Waals surface area contributed by atoms with Gasteiger partial charge in [0.2, 0.25) is 0 Å². The maximum absolute atomic E-state index is 12.8. The molecule has 4 heteroatoms. The van der Waals surface area contributed by atoms with Crippen LogP contribution in [0.25, 0.3) is 5.69 Å². The molecule has 116 valence electrons. The second kappa shape index (κ2) is 6.42. The van der Waals surface area contributed by atoms with Gasteiger partial charge < -0.3 is 9.88 Å². The monoisotopic (exact) mass is 368 g/mol. The Labute approximate surface area is 144 Å². The van der Waals surface area contributed by atoms with Gasteiger partial charge in [-0.1, -0.05) is 34.1 Å². The fourth-order valence-corrected chi connectivity index (χ4v) is 3.01. The van der Waals surface area contributed by atoms with Crippen LogP contribution in [-0.4, -0.2) is 10.5 Å². The van der Waals surface area contributed by atoms with Gasteiger partial charge in [0.1, 0.15) is 0 Å². The quantitative estimate of drug-likeness (QED) is 0.684. The number of aromatic nitrogens is 1. The fourth-order valence-electron chi connectivity index (χ4n) is 2.65. The summed E-state index contributed by atoms with van der Waals surface area (Å²) in [6.07, 6.45) is 0. The van der Waals surface area contributed by atoms with Crippen LogP contribution in [0.5, 0.6) is 0 Å². The lowest BCUT2D eigenvalue weighted by atomic mass is 10.1. The van der Waals surface area contributed by atoms with Gasteiger partial charge in [0, 0.05) is 21.5 Å². The number of nitrogens with one attached hydrogen (secondary N) is 1. The minimum Gasteiger partial charge on any atom is -0.322 e. The third-order valence-electron chi connectivity index (χ3n) is 3.75. The van der Waals surface area contributed by atoms with Crippen LogP contribution in [0, 0.1) is 13.8 Å². The van der Waals surface area contributed by atoms with Gasteiger partial charge in [-0.15, -0.1) is 0 Å². The number of para-hydroxylation sites is 1. The Balaban J connectivity index is 2.05. The zero-order valence-electron chi connectivity index (χ0n) is 13.0. The standard InChI is InChI=1S/C19H17BrN2O/c1-13-8-9-14(2)22(13)18-11-10-15(20)12-17(18)19(23)21-16-6-4-3-5-7-16/h3-12H,1-2H3,(H,21,23). The Hall–Kier alpha value is -2.33. The zero-order valence-corrected chi connectivity index (χ0v) is 14.6. The van der Waals surface area contributed by atoms with Crippen molar-refractivity contribution in [3.8, 4) is 5.69 Å². The van der Waals surface area contributed by atoms with E-state index in [-0.39, 0.29) is 5.91 Å². The molecule has 0 fully saturated rings. The molecule has 0 unspecified atom stereocenters. The molecule has 1 aromatic heterocycles. The van der Waals surface area contributed by atoms with E-state index in [1.807, 2.05) is 62.4 Å². The number of carbonyl (C=O) groups excluding carboxylic acids is 1. The molecule has 0 bridgehead atoms. The molecule has 0 saturated carbocycles. The molecule has 0 saturated heterocycles. The minimum atomic E-state index is -0.125. The summed E-state index contributed by atoms with van der Waals surface area (Å²) in [5, 5.41) is 2.95. The van der Waals surface area contributed by atoms with Gasteiger partial charge in [-0.25, -0.2) is 0 Å². The predicted octanol–water partition coefficient (Wildman–Crippen LogP) is 5.11. The van der Waals surface area contributed by atoms with Crippen LogP contribution >= 0.6 is 15.9 Å². The van der Waals surface area contributed by atoms with Gasteiger partial charge in [0.05, 0.1) is 11.3 Å². The van der Waals surface area contributed by atoms with E-state index in [9.17, 15) is 4.79 Å². The molecular weight excluding hydrogens is 352 g/mol. The number of halogens is 1. The second-order valence-corrected chi connectivity index (χ2v) is 6.35. The first-order valence-electron chi connectivity index (χ1n) is 7.37. The fraction of sp³-hybridized carbons (Fsp3) is 0.105. The number of nitrogens with zero attached hydrogens (tertiary/aromatic N) is 1. The summed E-state index contributed by atoms with van der Waals surface area (Å²) in [6, 6.07) is 19.3. The van der Waals surface area contributed by atoms with E-state index < -0.39 is 0 Å². The Morgan fingerprint density at radius 2 is 1.61 bits per heavy atom. The molecule has 0 radical (unpaired) electrons. The Morgan fingerprint density at radius 3 is 2.26 bits per heavy atom. The van der Waals surface area contributed by atoms with E-state index >= 15 is 0 Å². The maximum Gasteiger partial charge on any atom is 0.257 e. The number of carbonyl (C=O) groups is 1. The molecule has 1 amide bonds. The second-order valence-electron chi connectivity index (χ2n) is 5.43. The highest BCUT2D eigenvalue weighted by Gasteiger charge is 2.16. The van der Waals surface area contributed by atoms with Crippen molar-refractivity contribution in [2.45, 2.75) is 13.8 Å². The van der Waals surface area contributed by atoms with E-state index in [2.05, 4.69) is 37.9 Å². The lowest BCUT2D eigenvalue weighted by Gasteiger charge is -2.15. The van der Waals surface area contributed by atoms with E-state index in [1.54, 1.807) is 0 Å². The first kappa shape index (κ1) is 15.6. The average Bonchev–Trinajstić information content (AvgIpc) is 2.87. The number of aryl methyl sites for hydroxylation is 2. The Morgan fingerprint density at radius 1 is 0.957 bits per heavy atom. The van der Waals surface area contributed by atoms with Gasteiger partial charge in [0.15, 0.2) is 0 Å². The molecule has 3 nitrogen and oxygen atoms in total. The van der Waals surface area contributed by atoms with Crippen LogP contribution in [0.1, 0.15) is 21.7 Å². The van der Waals surface area contributed by atoms with Gasteiger partial charge in [-0.05, 0) is 56.3 Å². The Bertz CT molecular complexity index is 834. The highest BCUT2D eigenvalue weighted by molar-refractivity contribution is 9.10. The predicted molar refractivity (Wildman–Crippen MR) is 97.3 cm³/mol. The van der Waals surface area contributed by atoms with Crippen LogP contribution in [0.2, 0.25) is 0 Å². The number of hydrogen-bond acceptors (Lipinski definition) is 1. The summed E-state index contributed by atoms with van der Waals surface area (Å²) >= 11 is 3.46. The number of hydrogen-bond donors (Lipinski definition) is 1. The lowest BCUT2D eigenvalue weighted by molar-refractivity contribution is 0.102. The summed E-state index contributed by atoms with van der Waals surface area (Å²) < 4.78 is 2.97. The van der Waals surface area contributed by atoms with Crippen molar-refractivity contribution >= 4 is 27.5 Å². The Kier molecular flexibility index (Phi) is 4.35. The normalized spacial score (nSPS) is 10.6. The van der Waals surface area contributed by atoms with Crippen LogP contribution in [-0.2, 0) is 0 Å². The first-order chi connectivity index (χ1) is 11.1. The summed E-state index contributed by atoms with van der Waals surface area (Å²) in [5.41, 5.74) is 4.48. The van der Waals surface area contributed by atoms with Crippen molar-refractivity contribution in [1.29, 1.82) is 0 Å². The van der Waals surface area contributed by atoms with Crippen molar-refractivity contribution in [1.82, 2.24) is 4.57 Å². The summed E-state index contributed by atoms with van der Waals surface area (Å²) in [5.74, 6) is -0.125. The SMILES string of the molecule is Cc1ccc(C)n1-c1ccc(Br)cc1C(=O)Nc1ccccc1. The maximum atomic E-state index is 12.8. The van der Waals surface area contributed by atoms with E-state index in [4.69, 9.17) is 0 Å². The van der Waals surface area contributed by atoms with E-state index in [0.29, 0.717) is 5.56 Å². The van der Waals surface area contributed by atoms with Crippen molar-refractivity contribution in [3.05, 3.63) is 82.1 Å².